The number of aliphatic carboxylic acids is 1. The second kappa shape index (κ2) is 5.68. The van der Waals surface area contributed by atoms with Crippen LogP contribution in [0.3, 0.4) is 0 Å². The monoisotopic (exact) mass is 281 g/mol. The molecule has 0 atom stereocenters. The van der Waals surface area contributed by atoms with Gasteiger partial charge in [-0.15, -0.1) is 5.10 Å². The summed E-state index contributed by atoms with van der Waals surface area (Å²) in [5, 5.41) is 15.9. The highest BCUT2D eigenvalue weighted by molar-refractivity contribution is 5.92. The molecule has 0 bridgehead atoms. The number of carboxylic acids is 1. The van der Waals surface area contributed by atoms with E-state index >= 15 is 0 Å². The molecule has 2 amide bonds. The number of primary amides is 1. The maximum atomic E-state index is 12.1. The average molecular weight is 281 g/mol. The molecule has 0 aliphatic carbocycles. The predicted octanol–water partition coefficient (Wildman–Crippen LogP) is -1.30. The lowest BCUT2D eigenvalue weighted by atomic mass is 9.96. The summed E-state index contributed by atoms with van der Waals surface area (Å²) in [6.45, 7) is 0.514. The van der Waals surface area contributed by atoms with E-state index in [2.05, 4.69) is 10.3 Å². The van der Waals surface area contributed by atoms with Crippen LogP contribution in [0.25, 0.3) is 0 Å². The van der Waals surface area contributed by atoms with Crippen molar-refractivity contribution < 1.29 is 19.5 Å². The summed E-state index contributed by atoms with van der Waals surface area (Å²) in [4.78, 5) is 35.3. The van der Waals surface area contributed by atoms with Gasteiger partial charge in [-0.3, -0.25) is 14.4 Å². The Hall–Kier alpha value is -2.45. The van der Waals surface area contributed by atoms with E-state index in [0.29, 0.717) is 25.9 Å². The lowest BCUT2D eigenvalue weighted by Crippen LogP contribution is -2.41. The minimum atomic E-state index is -1.06. The van der Waals surface area contributed by atoms with Gasteiger partial charge >= 0.3 is 5.97 Å². The zero-order valence-corrected chi connectivity index (χ0v) is 10.7. The van der Waals surface area contributed by atoms with E-state index in [0.717, 1.165) is 4.68 Å². The van der Waals surface area contributed by atoms with Crippen molar-refractivity contribution in [1.29, 1.82) is 0 Å². The Balaban J connectivity index is 1.96. The molecule has 9 nitrogen and oxygen atoms in total. The molecule has 1 aromatic heterocycles. The summed E-state index contributed by atoms with van der Waals surface area (Å²) in [5.41, 5.74) is 5.33. The van der Waals surface area contributed by atoms with Crippen LogP contribution in [0.5, 0.6) is 0 Å². The molecular weight excluding hydrogens is 266 g/mol. The largest absolute Gasteiger partial charge is 0.480 e. The molecule has 2 rings (SSSR count). The molecule has 0 aromatic carbocycles. The number of hydrogen-bond acceptors (Lipinski definition) is 5. The van der Waals surface area contributed by atoms with E-state index in [1.165, 1.54) is 6.20 Å². The van der Waals surface area contributed by atoms with E-state index < -0.39 is 5.97 Å². The summed E-state index contributed by atoms with van der Waals surface area (Å²) in [7, 11) is 0. The second-order valence-electron chi connectivity index (χ2n) is 4.66. The second-order valence-corrected chi connectivity index (χ2v) is 4.66. The number of likely N-dealkylation sites (tertiary alicyclic amines) is 1. The first-order chi connectivity index (χ1) is 9.47. The Morgan fingerprint density at radius 1 is 1.35 bits per heavy atom. The Morgan fingerprint density at radius 3 is 2.55 bits per heavy atom. The molecule has 1 aliphatic heterocycles. The molecule has 1 aliphatic rings. The van der Waals surface area contributed by atoms with Crippen molar-refractivity contribution >= 4 is 17.8 Å². The summed E-state index contributed by atoms with van der Waals surface area (Å²) in [6, 6.07) is 0. The number of carbonyl (C=O) groups excluding carboxylic acids is 2. The van der Waals surface area contributed by atoms with Gasteiger partial charge in [0.1, 0.15) is 6.54 Å². The first kappa shape index (κ1) is 14.0. The van der Waals surface area contributed by atoms with Crippen LogP contribution < -0.4 is 5.73 Å². The minimum Gasteiger partial charge on any atom is -0.480 e. The summed E-state index contributed by atoms with van der Waals surface area (Å²) in [6.07, 6.45) is 2.37. The smallest absolute Gasteiger partial charge is 0.325 e. The Morgan fingerprint density at radius 2 is 2.00 bits per heavy atom. The van der Waals surface area contributed by atoms with Crippen LogP contribution >= 0.6 is 0 Å². The quantitative estimate of drug-likeness (QED) is 0.705. The standard InChI is InChI=1S/C11H15N5O4/c12-10(19)7-1-3-15(4-2-7)11(20)8-5-16(14-13-8)6-9(17)18/h5,7H,1-4,6H2,(H2,12,19)(H,17,18). The average Bonchev–Trinajstić information content (AvgIpc) is 2.85. The number of piperidine rings is 1. The number of nitrogens with two attached hydrogens (primary N) is 1. The van der Waals surface area contributed by atoms with Crippen LogP contribution in [0.1, 0.15) is 23.3 Å². The maximum Gasteiger partial charge on any atom is 0.325 e. The number of aromatic nitrogens is 3. The number of rotatable bonds is 4. The summed E-state index contributed by atoms with van der Waals surface area (Å²) < 4.78 is 1.09. The molecule has 0 radical (unpaired) electrons. The molecule has 108 valence electrons. The van der Waals surface area contributed by atoms with Gasteiger partial charge < -0.3 is 15.7 Å². The molecule has 1 aromatic rings. The van der Waals surface area contributed by atoms with E-state index in [4.69, 9.17) is 10.8 Å². The molecule has 2 heterocycles. The van der Waals surface area contributed by atoms with Crippen LogP contribution in [0.4, 0.5) is 0 Å². The number of hydrogen-bond donors (Lipinski definition) is 2. The Labute approximate surface area is 114 Å². The van der Waals surface area contributed by atoms with Gasteiger partial charge in [0.05, 0.1) is 6.20 Å². The zero-order chi connectivity index (χ0) is 14.7. The van der Waals surface area contributed by atoms with E-state index in [1.807, 2.05) is 0 Å². The Kier molecular flexibility index (Phi) is 3.97. The van der Waals surface area contributed by atoms with Crippen LogP contribution in [-0.2, 0) is 16.1 Å². The molecule has 9 heteroatoms. The third-order valence-electron chi connectivity index (χ3n) is 3.24. The third-order valence-corrected chi connectivity index (χ3v) is 3.24. The van der Waals surface area contributed by atoms with Crippen LogP contribution in [-0.4, -0.2) is 55.9 Å². The number of carbonyl (C=O) groups is 3. The SMILES string of the molecule is NC(=O)C1CCN(C(=O)c2cn(CC(=O)O)nn2)CC1. The van der Waals surface area contributed by atoms with Gasteiger partial charge in [0.2, 0.25) is 5.91 Å². The predicted molar refractivity (Wildman–Crippen MR) is 65.5 cm³/mol. The van der Waals surface area contributed by atoms with Gasteiger partial charge in [-0.1, -0.05) is 5.21 Å². The third kappa shape index (κ3) is 3.11. The van der Waals surface area contributed by atoms with Crippen LogP contribution in [0.2, 0.25) is 0 Å². The lowest BCUT2D eigenvalue weighted by molar-refractivity contribution is -0.138. The maximum absolute atomic E-state index is 12.1. The number of nitrogens with zero attached hydrogens (tertiary/aromatic N) is 4. The topological polar surface area (TPSA) is 131 Å². The van der Waals surface area contributed by atoms with Gasteiger partial charge in [0, 0.05) is 19.0 Å². The molecule has 1 saturated heterocycles. The fourth-order valence-corrected chi connectivity index (χ4v) is 2.14. The molecule has 20 heavy (non-hydrogen) atoms. The van der Waals surface area contributed by atoms with Crippen molar-refractivity contribution in [3.05, 3.63) is 11.9 Å². The minimum absolute atomic E-state index is 0.101. The molecule has 1 fully saturated rings. The van der Waals surface area contributed by atoms with Gasteiger partial charge in [0.25, 0.3) is 5.91 Å². The highest BCUT2D eigenvalue weighted by atomic mass is 16.4. The van der Waals surface area contributed by atoms with Crippen molar-refractivity contribution in [1.82, 2.24) is 19.9 Å². The molecule has 0 spiro atoms. The Bertz CT molecular complexity index is 533. The van der Waals surface area contributed by atoms with E-state index in [-0.39, 0.29) is 30.0 Å². The van der Waals surface area contributed by atoms with Gasteiger partial charge in [-0.25, -0.2) is 4.68 Å². The van der Waals surface area contributed by atoms with Crippen molar-refractivity contribution in [2.75, 3.05) is 13.1 Å². The highest BCUT2D eigenvalue weighted by Gasteiger charge is 2.27. The van der Waals surface area contributed by atoms with Crippen molar-refractivity contribution in [2.45, 2.75) is 19.4 Å². The molecule has 0 unspecified atom stereocenters. The van der Waals surface area contributed by atoms with Gasteiger partial charge in [-0.2, -0.15) is 0 Å². The molecule has 3 N–H and O–H groups in total. The fraction of sp³-hybridized carbons (Fsp3) is 0.545. The van der Waals surface area contributed by atoms with Gasteiger partial charge in [-0.05, 0) is 12.8 Å². The first-order valence-electron chi connectivity index (χ1n) is 6.18. The fourth-order valence-electron chi connectivity index (χ4n) is 2.14. The van der Waals surface area contributed by atoms with Gasteiger partial charge in [0.15, 0.2) is 5.69 Å². The highest BCUT2D eigenvalue weighted by Crippen LogP contribution is 2.18. The number of carboxylic acid groups (broad SMARTS) is 1. The first-order valence-corrected chi connectivity index (χ1v) is 6.18. The molecular formula is C11H15N5O4. The molecule has 0 saturated carbocycles. The lowest BCUT2D eigenvalue weighted by Gasteiger charge is -2.29. The summed E-state index contributed by atoms with van der Waals surface area (Å²) >= 11 is 0. The number of amides is 2. The summed E-state index contributed by atoms with van der Waals surface area (Å²) in [5.74, 6) is -1.91. The van der Waals surface area contributed by atoms with E-state index in [9.17, 15) is 14.4 Å². The van der Waals surface area contributed by atoms with E-state index in [1.54, 1.807) is 4.90 Å². The van der Waals surface area contributed by atoms with Crippen molar-refractivity contribution in [2.24, 2.45) is 11.7 Å². The van der Waals surface area contributed by atoms with Crippen molar-refractivity contribution in [3.63, 3.8) is 0 Å². The zero-order valence-electron chi connectivity index (χ0n) is 10.7. The normalized spacial score (nSPS) is 16.1. The van der Waals surface area contributed by atoms with Crippen molar-refractivity contribution in [3.8, 4) is 0 Å². The van der Waals surface area contributed by atoms with Crippen LogP contribution in [0.15, 0.2) is 6.20 Å². The van der Waals surface area contributed by atoms with Crippen LogP contribution in [0, 0.1) is 5.92 Å².